The Morgan fingerprint density at radius 3 is 2.26 bits per heavy atom. The molecule has 0 N–H and O–H groups in total. The van der Waals surface area contributed by atoms with Crippen LogP contribution in [0.25, 0.3) is 32.3 Å². The maximum Gasteiger partial charge on any atom is 0.246 e. The molecule has 8 rings (SSSR count). The Morgan fingerprint density at radius 1 is 0.706 bits per heavy atom. The fourth-order valence-corrected chi connectivity index (χ4v) is 7.68. The standard InChI is InChI=1S/C31H23BN2/c1-30(2)19-10-8-12-24-26(19)32-27-20(30)15-16-22(33-5)25(27)31(3,4)21-14-13-18-17-9-6-7-11-23(17)34(24)29(18)28(21)32/h6-16H,1-4H3. The van der Waals surface area contributed by atoms with Gasteiger partial charge in [-0.15, -0.1) is 0 Å². The molecule has 160 valence electrons. The highest BCUT2D eigenvalue weighted by atomic mass is 15.0. The van der Waals surface area contributed by atoms with E-state index in [0.29, 0.717) is 0 Å². The third-order valence-electron chi connectivity index (χ3n) is 9.05. The van der Waals surface area contributed by atoms with E-state index in [0.717, 1.165) is 5.69 Å². The van der Waals surface area contributed by atoms with E-state index in [4.69, 9.17) is 6.57 Å². The molecule has 0 atom stereocenters. The lowest BCUT2D eigenvalue weighted by molar-refractivity contribution is 0.623. The number of nitrogens with zero attached hydrogens (tertiary/aromatic N) is 2. The molecule has 0 aliphatic carbocycles. The van der Waals surface area contributed by atoms with Gasteiger partial charge in [0.25, 0.3) is 0 Å². The van der Waals surface area contributed by atoms with E-state index in [2.05, 4.69) is 104 Å². The molecule has 0 fully saturated rings. The summed E-state index contributed by atoms with van der Waals surface area (Å²) in [6.07, 6.45) is 0. The number of hydrogen-bond donors (Lipinski definition) is 0. The minimum Gasteiger partial charge on any atom is -0.310 e. The number of hydrogen-bond acceptors (Lipinski definition) is 0. The summed E-state index contributed by atoms with van der Waals surface area (Å²) in [5, 5.41) is 2.65. The molecule has 34 heavy (non-hydrogen) atoms. The monoisotopic (exact) mass is 434 g/mol. The summed E-state index contributed by atoms with van der Waals surface area (Å²) >= 11 is 0. The van der Waals surface area contributed by atoms with Crippen LogP contribution < -0.4 is 16.4 Å². The molecule has 1 aromatic heterocycles. The highest BCUT2D eigenvalue weighted by Crippen LogP contribution is 2.47. The largest absolute Gasteiger partial charge is 0.310 e. The van der Waals surface area contributed by atoms with Crippen LogP contribution in [0.5, 0.6) is 0 Å². The average molecular weight is 434 g/mol. The third-order valence-corrected chi connectivity index (χ3v) is 9.05. The van der Waals surface area contributed by atoms with Crippen molar-refractivity contribution in [1.82, 2.24) is 4.57 Å². The van der Waals surface area contributed by atoms with Gasteiger partial charge in [0.2, 0.25) is 6.71 Å². The first-order chi connectivity index (χ1) is 16.4. The van der Waals surface area contributed by atoms with Crippen LogP contribution >= 0.6 is 0 Å². The molecule has 2 nitrogen and oxygen atoms in total. The van der Waals surface area contributed by atoms with Gasteiger partial charge in [0.05, 0.1) is 12.1 Å². The van der Waals surface area contributed by atoms with Crippen LogP contribution in [-0.4, -0.2) is 11.3 Å². The Balaban J connectivity index is 1.72. The molecular formula is C31H23BN2. The first kappa shape index (κ1) is 18.6. The maximum atomic E-state index is 8.03. The van der Waals surface area contributed by atoms with Gasteiger partial charge in [-0.1, -0.05) is 87.8 Å². The van der Waals surface area contributed by atoms with E-state index in [-0.39, 0.29) is 17.5 Å². The second kappa shape index (κ2) is 5.48. The van der Waals surface area contributed by atoms with E-state index in [1.807, 2.05) is 0 Å². The highest BCUT2D eigenvalue weighted by Gasteiger charge is 2.52. The molecule has 3 aliphatic heterocycles. The zero-order valence-corrected chi connectivity index (χ0v) is 19.8. The van der Waals surface area contributed by atoms with Gasteiger partial charge in [0, 0.05) is 32.8 Å². The molecule has 0 saturated heterocycles. The molecule has 0 unspecified atom stereocenters. The van der Waals surface area contributed by atoms with Crippen molar-refractivity contribution in [2.75, 3.05) is 0 Å². The van der Waals surface area contributed by atoms with Gasteiger partial charge in [-0.05, 0) is 45.3 Å². The second-order valence-corrected chi connectivity index (χ2v) is 11.2. The Labute approximate surface area is 199 Å². The van der Waals surface area contributed by atoms with Crippen molar-refractivity contribution in [3.05, 3.63) is 100 Å². The fourth-order valence-electron chi connectivity index (χ4n) is 7.68. The first-order valence-corrected chi connectivity index (χ1v) is 12.1. The zero-order valence-electron chi connectivity index (χ0n) is 19.8. The fraction of sp³-hybridized carbons (Fsp3) is 0.194. The van der Waals surface area contributed by atoms with Crippen LogP contribution in [0.1, 0.15) is 49.9 Å². The molecule has 4 heterocycles. The zero-order chi connectivity index (χ0) is 23.1. The maximum absolute atomic E-state index is 8.03. The van der Waals surface area contributed by atoms with Crippen LogP contribution in [0.4, 0.5) is 5.69 Å². The van der Waals surface area contributed by atoms with Gasteiger partial charge < -0.3 is 4.57 Å². The summed E-state index contributed by atoms with van der Waals surface area (Å²) in [7, 11) is 0. The lowest BCUT2D eigenvalue weighted by Gasteiger charge is -2.49. The van der Waals surface area contributed by atoms with Gasteiger partial charge in [-0.2, -0.15) is 0 Å². The van der Waals surface area contributed by atoms with Crippen molar-refractivity contribution >= 4 is 50.6 Å². The van der Waals surface area contributed by atoms with Crippen molar-refractivity contribution in [3.8, 4) is 5.69 Å². The van der Waals surface area contributed by atoms with Gasteiger partial charge in [-0.25, -0.2) is 4.85 Å². The normalized spacial score (nSPS) is 17.2. The molecule has 3 heteroatoms. The summed E-state index contributed by atoms with van der Waals surface area (Å²) in [5.41, 5.74) is 14.0. The summed E-state index contributed by atoms with van der Waals surface area (Å²) in [4.78, 5) is 4.04. The molecule has 5 aromatic rings. The lowest BCUT2D eigenvalue weighted by Crippen LogP contribution is -2.68. The minimum absolute atomic E-state index is 0.131. The average Bonchev–Trinajstić information content (AvgIpc) is 3.18. The Bertz CT molecular complexity index is 1830. The molecule has 0 bridgehead atoms. The van der Waals surface area contributed by atoms with Crippen molar-refractivity contribution in [2.24, 2.45) is 0 Å². The van der Waals surface area contributed by atoms with Crippen LogP contribution in [0, 0.1) is 6.57 Å². The van der Waals surface area contributed by atoms with E-state index < -0.39 is 0 Å². The molecule has 0 saturated carbocycles. The summed E-state index contributed by atoms with van der Waals surface area (Å²) in [6.45, 7) is 17.6. The van der Waals surface area contributed by atoms with Crippen LogP contribution in [0.15, 0.2) is 66.7 Å². The summed E-state index contributed by atoms with van der Waals surface area (Å²) in [5.74, 6) is 0. The van der Waals surface area contributed by atoms with E-state index in [9.17, 15) is 0 Å². The molecule has 0 radical (unpaired) electrons. The number of aromatic nitrogens is 1. The van der Waals surface area contributed by atoms with Crippen molar-refractivity contribution in [3.63, 3.8) is 0 Å². The SMILES string of the molecule is [C-]#[N+]c1ccc2c3c1C(C)(C)c1ccc4c5ccccc5n5c4c1B3c1c-5cccc1C2(C)C. The minimum atomic E-state index is -0.244. The predicted molar refractivity (Wildman–Crippen MR) is 142 cm³/mol. The number of rotatable bonds is 0. The number of benzene rings is 4. The van der Waals surface area contributed by atoms with E-state index in [1.165, 1.54) is 66.1 Å². The topological polar surface area (TPSA) is 9.29 Å². The summed E-state index contributed by atoms with van der Waals surface area (Å²) < 4.78 is 2.53. The van der Waals surface area contributed by atoms with Crippen molar-refractivity contribution in [2.45, 2.75) is 38.5 Å². The van der Waals surface area contributed by atoms with Crippen molar-refractivity contribution in [1.29, 1.82) is 0 Å². The quantitative estimate of drug-likeness (QED) is 0.222. The van der Waals surface area contributed by atoms with Gasteiger partial charge >= 0.3 is 0 Å². The molecule has 0 amide bonds. The van der Waals surface area contributed by atoms with Crippen LogP contribution in [0.3, 0.4) is 0 Å². The predicted octanol–water partition coefficient (Wildman–Crippen LogP) is 5.44. The number of para-hydroxylation sites is 1. The third kappa shape index (κ3) is 1.76. The first-order valence-electron chi connectivity index (χ1n) is 12.1. The lowest BCUT2D eigenvalue weighted by atomic mass is 9.26. The Morgan fingerprint density at radius 2 is 1.44 bits per heavy atom. The van der Waals surface area contributed by atoms with Gasteiger partial charge in [0.15, 0.2) is 5.69 Å². The molecular weight excluding hydrogens is 411 g/mol. The second-order valence-electron chi connectivity index (χ2n) is 11.2. The van der Waals surface area contributed by atoms with Crippen LogP contribution in [-0.2, 0) is 10.8 Å². The highest BCUT2D eigenvalue weighted by molar-refractivity contribution is 7.00. The summed E-state index contributed by atoms with van der Waals surface area (Å²) in [6, 6.07) is 24.7. The smallest absolute Gasteiger partial charge is 0.246 e. The Kier molecular flexibility index (Phi) is 3.00. The van der Waals surface area contributed by atoms with Gasteiger partial charge in [0.1, 0.15) is 0 Å². The van der Waals surface area contributed by atoms with E-state index >= 15 is 0 Å². The Hall–Kier alpha value is -3.77. The molecule has 3 aliphatic rings. The van der Waals surface area contributed by atoms with Gasteiger partial charge in [-0.3, -0.25) is 0 Å². The number of fused-ring (bicyclic) bond motifs is 4. The molecule has 0 spiro atoms. The molecule has 4 aromatic carbocycles. The van der Waals surface area contributed by atoms with E-state index in [1.54, 1.807) is 0 Å². The van der Waals surface area contributed by atoms with Crippen molar-refractivity contribution < 1.29 is 0 Å². The van der Waals surface area contributed by atoms with Crippen LogP contribution in [0.2, 0.25) is 0 Å².